The Morgan fingerprint density at radius 1 is 1.29 bits per heavy atom. The average molecular weight is 289 g/mol. The third kappa shape index (κ3) is 2.78. The number of fused-ring (bicyclic) bond motifs is 1. The molecule has 0 aromatic heterocycles. The number of carbonyl (C=O) groups excluding carboxylic acids is 1. The van der Waals surface area contributed by atoms with Crippen LogP contribution in [0.2, 0.25) is 0 Å². The van der Waals surface area contributed by atoms with E-state index in [1.807, 2.05) is 19.1 Å². The lowest BCUT2D eigenvalue weighted by Gasteiger charge is -2.47. The third-order valence-corrected chi connectivity index (χ3v) is 4.23. The van der Waals surface area contributed by atoms with E-state index in [0.29, 0.717) is 13.1 Å². The molecule has 1 heterocycles. The van der Waals surface area contributed by atoms with E-state index in [1.54, 1.807) is 4.90 Å². The topological polar surface area (TPSA) is 66.8 Å². The van der Waals surface area contributed by atoms with Crippen LogP contribution in [0.1, 0.15) is 34.8 Å². The predicted octanol–water partition coefficient (Wildman–Crippen LogP) is 1.49. The van der Waals surface area contributed by atoms with Gasteiger partial charge in [0.1, 0.15) is 12.2 Å². The van der Waals surface area contributed by atoms with Crippen molar-refractivity contribution in [2.24, 2.45) is 0 Å². The maximum Gasteiger partial charge on any atom is 0.329 e. The van der Waals surface area contributed by atoms with E-state index in [9.17, 15) is 9.59 Å². The summed E-state index contributed by atoms with van der Waals surface area (Å²) in [6.45, 7) is 2.40. The van der Waals surface area contributed by atoms with Gasteiger partial charge in [0.15, 0.2) is 0 Å². The molecule has 1 N–H and O–H groups in total. The first-order valence-electron chi connectivity index (χ1n) is 7.24. The quantitative estimate of drug-likeness (QED) is 0.912. The molecule has 3 rings (SSSR count). The number of benzene rings is 1. The largest absolute Gasteiger partial charge is 0.480 e. The minimum Gasteiger partial charge on any atom is -0.480 e. The van der Waals surface area contributed by atoms with E-state index < -0.39 is 11.6 Å². The Bertz CT molecular complexity index is 590. The van der Waals surface area contributed by atoms with Crippen LogP contribution in [0, 0.1) is 0 Å². The fourth-order valence-corrected chi connectivity index (χ4v) is 3.12. The zero-order valence-electron chi connectivity index (χ0n) is 12.1. The highest BCUT2D eigenvalue weighted by Crippen LogP contribution is 2.28. The van der Waals surface area contributed by atoms with Crippen LogP contribution in [0.3, 0.4) is 0 Å². The van der Waals surface area contributed by atoms with Gasteiger partial charge in [-0.25, -0.2) is 4.79 Å². The predicted molar refractivity (Wildman–Crippen MR) is 76.4 cm³/mol. The summed E-state index contributed by atoms with van der Waals surface area (Å²) < 4.78 is 5.32. The number of carboxylic acid groups (broad SMARTS) is 1. The van der Waals surface area contributed by atoms with Gasteiger partial charge >= 0.3 is 5.97 Å². The lowest BCUT2D eigenvalue weighted by Crippen LogP contribution is -2.63. The minimum absolute atomic E-state index is 0.00102. The van der Waals surface area contributed by atoms with Crippen molar-refractivity contribution in [1.82, 2.24) is 4.90 Å². The number of amides is 1. The summed E-state index contributed by atoms with van der Waals surface area (Å²) in [5, 5.41) is 8.63. The van der Waals surface area contributed by atoms with Crippen LogP contribution in [0.4, 0.5) is 0 Å². The molecule has 1 aromatic rings. The second-order valence-electron chi connectivity index (χ2n) is 6.13. The average Bonchev–Trinajstić information content (AvgIpc) is 2.88. The molecule has 1 fully saturated rings. The van der Waals surface area contributed by atoms with Gasteiger partial charge in [-0.1, -0.05) is 6.07 Å². The second-order valence-corrected chi connectivity index (χ2v) is 6.13. The molecule has 5 heteroatoms. The molecule has 21 heavy (non-hydrogen) atoms. The molecule has 0 radical (unpaired) electrons. The fraction of sp³-hybridized carbons (Fsp3) is 0.500. The molecular weight excluding hydrogens is 270 g/mol. The van der Waals surface area contributed by atoms with Crippen molar-refractivity contribution in [1.29, 1.82) is 0 Å². The Labute approximate surface area is 123 Å². The number of hydrogen-bond donors (Lipinski definition) is 1. The molecule has 2 aliphatic rings. The number of carboxylic acids is 1. The van der Waals surface area contributed by atoms with Crippen molar-refractivity contribution in [3.63, 3.8) is 0 Å². The van der Waals surface area contributed by atoms with Crippen LogP contribution in [-0.2, 0) is 22.4 Å². The van der Waals surface area contributed by atoms with E-state index in [2.05, 4.69) is 6.07 Å². The molecule has 1 aliphatic carbocycles. The zero-order valence-corrected chi connectivity index (χ0v) is 12.1. The van der Waals surface area contributed by atoms with Crippen molar-refractivity contribution in [3.8, 4) is 0 Å². The van der Waals surface area contributed by atoms with Crippen molar-refractivity contribution < 1.29 is 19.4 Å². The molecule has 5 nitrogen and oxygen atoms in total. The van der Waals surface area contributed by atoms with E-state index in [-0.39, 0.29) is 12.5 Å². The van der Waals surface area contributed by atoms with Crippen LogP contribution >= 0.6 is 0 Å². The molecule has 1 aromatic carbocycles. The van der Waals surface area contributed by atoms with Gasteiger partial charge in [-0.05, 0) is 49.4 Å². The van der Waals surface area contributed by atoms with E-state index in [0.717, 1.165) is 24.8 Å². The highest BCUT2D eigenvalue weighted by molar-refractivity contribution is 5.95. The van der Waals surface area contributed by atoms with Gasteiger partial charge in [-0.15, -0.1) is 0 Å². The molecule has 0 saturated carbocycles. The summed E-state index contributed by atoms with van der Waals surface area (Å²) in [6, 6.07) is 5.94. The molecule has 0 unspecified atom stereocenters. The Hall–Kier alpha value is -1.88. The van der Waals surface area contributed by atoms with E-state index in [1.165, 1.54) is 11.1 Å². The zero-order chi connectivity index (χ0) is 15.0. The Morgan fingerprint density at radius 2 is 2.00 bits per heavy atom. The first-order valence-corrected chi connectivity index (χ1v) is 7.24. The first kappa shape index (κ1) is 14.1. The normalized spacial score (nSPS) is 19.0. The number of likely N-dealkylation sites (tertiary alicyclic amines) is 1. The molecule has 1 aliphatic heterocycles. The Morgan fingerprint density at radius 3 is 2.71 bits per heavy atom. The Balaban J connectivity index is 1.62. The van der Waals surface area contributed by atoms with Crippen molar-refractivity contribution >= 4 is 11.9 Å². The molecule has 0 bridgehead atoms. The summed E-state index contributed by atoms with van der Waals surface area (Å²) in [4.78, 5) is 24.6. The van der Waals surface area contributed by atoms with Gasteiger partial charge in [-0.2, -0.15) is 0 Å². The van der Waals surface area contributed by atoms with Gasteiger partial charge in [0.2, 0.25) is 0 Å². The van der Waals surface area contributed by atoms with E-state index in [4.69, 9.17) is 9.84 Å². The standard InChI is InChI=1S/C16H19NO4/c1-16(21-8-14(18)19)9-17(10-16)15(20)13-6-5-11-3-2-4-12(11)7-13/h5-7H,2-4,8-10H2,1H3,(H,18,19). The van der Waals surface area contributed by atoms with E-state index >= 15 is 0 Å². The van der Waals surface area contributed by atoms with Crippen molar-refractivity contribution in [2.75, 3.05) is 19.7 Å². The minimum atomic E-state index is -0.986. The van der Waals surface area contributed by atoms with Gasteiger partial charge in [0.05, 0.1) is 13.1 Å². The summed E-state index contributed by atoms with van der Waals surface area (Å²) in [7, 11) is 0. The Kier molecular flexibility index (Phi) is 3.45. The monoisotopic (exact) mass is 289 g/mol. The first-order chi connectivity index (χ1) is 9.97. The van der Waals surface area contributed by atoms with Crippen LogP contribution in [-0.4, -0.2) is 47.2 Å². The molecule has 0 atom stereocenters. The maximum absolute atomic E-state index is 12.4. The fourth-order valence-electron chi connectivity index (χ4n) is 3.12. The van der Waals surface area contributed by atoms with Crippen molar-refractivity contribution in [2.45, 2.75) is 31.8 Å². The molecule has 1 amide bonds. The van der Waals surface area contributed by atoms with Crippen molar-refractivity contribution in [3.05, 3.63) is 34.9 Å². The van der Waals surface area contributed by atoms with Crippen LogP contribution in [0.5, 0.6) is 0 Å². The number of carbonyl (C=O) groups is 2. The van der Waals surface area contributed by atoms with Gasteiger partial charge in [0, 0.05) is 5.56 Å². The summed E-state index contributed by atoms with van der Waals surface area (Å²) in [5.74, 6) is -0.985. The second kappa shape index (κ2) is 5.15. The number of aryl methyl sites for hydroxylation is 2. The van der Waals surface area contributed by atoms with Gasteiger partial charge < -0.3 is 14.7 Å². The lowest BCUT2D eigenvalue weighted by molar-refractivity contribution is -0.159. The highest BCUT2D eigenvalue weighted by Gasteiger charge is 2.43. The number of hydrogen-bond acceptors (Lipinski definition) is 3. The number of aliphatic carboxylic acids is 1. The smallest absolute Gasteiger partial charge is 0.329 e. The SMILES string of the molecule is CC1(OCC(=O)O)CN(C(=O)c2ccc3c(c2)CCC3)C1. The van der Waals surface area contributed by atoms with Crippen LogP contribution < -0.4 is 0 Å². The summed E-state index contributed by atoms with van der Waals surface area (Å²) in [6.07, 6.45) is 3.32. The third-order valence-electron chi connectivity index (χ3n) is 4.23. The maximum atomic E-state index is 12.4. The molecule has 112 valence electrons. The molecular formula is C16H19NO4. The van der Waals surface area contributed by atoms with Gasteiger partial charge in [-0.3, -0.25) is 4.79 Å². The summed E-state index contributed by atoms with van der Waals surface area (Å²) in [5.41, 5.74) is 2.82. The number of ether oxygens (including phenoxy) is 1. The molecule has 0 spiro atoms. The lowest BCUT2D eigenvalue weighted by atomic mass is 9.94. The number of rotatable bonds is 4. The van der Waals surface area contributed by atoms with Crippen LogP contribution in [0.25, 0.3) is 0 Å². The van der Waals surface area contributed by atoms with Crippen LogP contribution in [0.15, 0.2) is 18.2 Å². The van der Waals surface area contributed by atoms with Gasteiger partial charge in [0.25, 0.3) is 5.91 Å². The number of nitrogens with zero attached hydrogens (tertiary/aromatic N) is 1. The molecule has 1 saturated heterocycles. The summed E-state index contributed by atoms with van der Waals surface area (Å²) >= 11 is 0. The highest BCUT2D eigenvalue weighted by atomic mass is 16.5.